The van der Waals surface area contributed by atoms with E-state index in [0.717, 1.165) is 66.4 Å². The minimum absolute atomic E-state index is 0.224. The van der Waals surface area contributed by atoms with E-state index in [-0.39, 0.29) is 5.82 Å². The lowest BCUT2D eigenvalue weighted by Crippen LogP contribution is -2.38. The van der Waals surface area contributed by atoms with Crippen LogP contribution in [0, 0.1) is 12.7 Å². The first-order valence-corrected chi connectivity index (χ1v) is 10.3. The molecule has 1 saturated heterocycles. The first-order valence-electron chi connectivity index (χ1n) is 9.47. The highest BCUT2D eigenvalue weighted by Gasteiger charge is 2.14. The molecule has 0 saturated carbocycles. The molecular formula is C20H24FN5OS. The highest BCUT2D eigenvalue weighted by atomic mass is 32.1. The molecule has 0 unspecified atom stereocenters. The SMILES string of the molecule is Cc1nc(NCc2cccc(F)c2)sc1-c1ccn(CCN2CCOCC2)n1. The van der Waals surface area contributed by atoms with Crippen molar-refractivity contribution in [2.75, 3.05) is 38.2 Å². The van der Waals surface area contributed by atoms with Crippen LogP contribution in [0.1, 0.15) is 11.3 Å². The Hall–Kier alpha value is -2.29. The van der Waals surface area contributed by atoms with Gasteiger partial charge in [-0.1, -0.05) is 23.5 Å². The van der Waals surface area contributed by atoms with Crippen molar-refractivity contribution in [3.63, 3.8) is 0 Å². The van der Waals surface area contributed by atoms with Gasteiger partial charge in [-0.15, -0.1) is 0 Å². The van der Waals surface area contributed by atoms with Gasteiger partial charge < -0.3 is 10.1 Å². The van der Waals surface area contributed by atoms with Crippen molar-refractivity contribution < 1.29 is 9.13 Å². The molecule has 0 aliphatic carbocycles. The number of hydrogen-bond donors (Lipinski definition) is 1. The van der Waals surface area contributed by atoms with E-state index < -0.39 is 0 Å². The van der Waals surface area contributed by atoms with Gasteiger partial charge in [-0.2, -0.15) is 5.10 Å². The summed E-state index contributed by atoms with van der Waals surface area (Å²) in [5.74, 6) is -0.224. The lowest BCUT2D eigenvalue weighted by Gasteiger charge is -2.26. The summed E-state index contributed by atoms with van der Waals surface area (Å²) in [4.78, 5) is 8.06. The summed E-state index contributed by atoms with van der Waals surface area (Å²) in [5.41, 5.74) is 2.78. The van der Waals surface area contributed by atoms with Crippen LogP contribution in [0.4, 0.5) is 9.52 Å². The van der Waals surface area contributed by atoms with E-state index in [4.69, 9.17) is 9.84 Å². The minimum atomic E-state index is -0.224. The maximum Gasteiger partial charge on any atom is 0.183 e. The number of aromatic nitrogens is 3. The first kappa shape index (κ1) is 19.0. The summed E-state index contributed by atoms with van der Waals surface area (Å²) in [5, 5.41) is 8.82. The smallest absolute Gasteiger partial charge is 0.183 e. The van der Waals surface area contributed by atoms with Crippen molar-refractivity contribution in [1.29, 1.82) is 0 Å². The largest absolute Gasteiger partial charge is 0.379 e. The zero-order valence-corrected chi connectivity index (χ0v) is 16.7. The first-order chi connectivity index (χ1) is 13.7. The molecule has 0 bridgehead atoms. The van der Waals surface area contributed by atoms with Gasteiger partial charge in [0.2, 0.25) is 0 Å². The number of morpholine rings is 1. The third-order valence-electron chi connectivity index (χ3n) is 4.75. The van der Waals surface area contributed by atoms with Crippen molar-refractivity contribution >= 4 is 16.5 Å². The number of halogens is 1. The normalized spacial score (nSPS) is 15.1. The summed E-state index contributed by atoms with van der Waals surface area (Å²) in [6.45, 7) is 7.98. The molecule has 3 aromatic rings. The summed E-state index contributed by atoms with van der Waals surface area (Å²) >= 11 is 1.58. The second-order valence-electron chi connectivity index (χ2n) is 6.84. The van der Waals surface area contributed by atoms with Gasteiger partial charge in [-0.05, 0) is 30.7 Å². The van der Waals surface area contributed by atoms with Gasteiger partial charge in [0.15, 0.2) is 5.13 Å². The fourth-order valence-electron chi connectivity index (χ4n) is 3.21. The van der Waals surface area contributed by atoms with E-state index >= 15 is 0 Å². The Morgan fingerprint density at radius 1 is 1.21 bits per heavy atom. The molecule has 2 aromatic heterocycles. The third-order valence-corrected chi connectivity index (χ3v) is 5.89. The Morgan fingerprint density at radius 3 is 2.89 bits per heavy atom. The number of nitrogens with one attached hydrogen (secondary N) is 1. The zero-order valence-electron chi connectivity index (χ0n) is 15.9. The quantitative estimate of drug-likeness (QED) is 0.658. The van der Waals surface area contributed by atoms with Crippen LogP contribution in [0.15, 0.2) is 36.5 Å². The molecule has 1 aromatic carbocycles. The van der Waals surface area contributed by atoms with Gasteiger partial charge >= 0.3 is 0 Å². The van der Waals surface area contributed by atoms with E-state index in [1.807, 2.05) is 29.9 Å². The fourth-order valence-corrected chi connectivity index (χ4v) is 4.14. The van der Waals surface area contributed by atoms with Crippen molar-refractivity contribution in [3.8, 4) is 10.6 Å². The van der Waals surface area contributed by atoms with Crippen molar-refractivity contribution in [3.05, 3.63) is 53.6 Å². The molecule has 0 radical (unpaired) electrons. The molecule has 0 amide bonds. The van der Waals surface area contributed by atoms with E-state index in [2.05, 4.69) is 15.2 Å². The van der Waals surface area contributed by atoms with Crippen LogP contribution in [0.2, 0.25) is 0 Å². The molecule has 0 atom stereocenters. The number of rotatable bonds is 7. The molecule has 148 valence electrons. The van der Waals surface area contributed by atoms with Gasteiger partial charge in [-0.25, -0.2) is 9.37 Å². The van der Waals surface area contributed by atoms with Crippen molar-refractivity contribution in [2.45, 2.75) is 20.0 Å². The topological polar surface area (TPSA) is 55.2 Å². The van der Waals surface area contributed by atoms with Crippen LogP contribution >= 0.6 is 11.3 Å². The van der Waals surface area contributed by atoms with Gasteiger partial charge in [0, 0.05) is 32.4 Å². The molecular weight excluding hydrogens is 377 g/mol. The Morgan fingerprint density at radius 2 is 2.07 bits per heavy atom. The molecule has 4 rings (SSSR count). The average Bonchev–Trinajstić information content (AvgIpc) is 3.32. The molecule has 1 N–H and O–H groups in total. The highest BCUT2D eigenvalue weighted by molar-refractivity contribution is 7.19. The second kappa shape index (κ2) is 8.81. The highest BCUT2D eigenvalue weighted by Crippen LogP contribution is 2.31. The second-order valence-corrected chi connectivity index (χ2v) is 7.83. The number of hydrogen-bond acceptors (Lipinski definition) is 6. The maximum absolute atomic E-state index is 13.3. The number of benzene rings is 1. The molecule has 1 aliphatic heterocycles. The van der Waals surface area contributed by atoms with E-state index in [1.165, 1.54) is 12.1 Å². The van der Waals surface area contributed by atoms with Crippen LogP contribution in [-0.2, 0) is 17.8 Å². The molecule has 3 heterocycles. The molecule has 1 aliphatic rings. The average molecular weight is 402 g/mol. The van der Waals surface area contributed by atoms with Crippen LogP contribution in [0.25, 0.3) is 10.6 Å². The van der Waals surface area contributed by atoms with Gasteiger partial charge in [0.1, 0.15) is 11.5 Å². The Balaban J connectivity index is 1.37. The Labute approximate surface area is 168 Å². The monoisotopic (exact) mass is 401 g/mol. The van der Waals surface area contributed by atoms with Crippen molar-refractivity contribution in [2.24, 2.45) is 0 Å². The summed E-state index contributed by atoms with van der Waals surface area (Å²) in [7, 11) is 0. The predicted octanol–water partition coefficient (Wildman–Crippen LogP) is 3.40. The molecule has 6 nitrogen and oxygen atoms in total. The van der Waals surface area contributed by atoms with Crippen LogP contribution < -0.4 is 5.32 Å². The predicted molar refractivity (Wildman–Crippen MR) is 109 cm³/mol. The number of thiazole rings is 1. The Kier molecular flexibility index (Phi) is 5.99. The third kappa shape index (κ3) is 4.76. The standard InChI is InChI=1S/C20H24FN5OS/c1-15-19(28-20(23-15)22-14-16-3-2-4-17(21)13-16)18-5-6-26(24-18)8-7-25-9-11-27-12-10-25/h2-6,13H,7-12,14H2,1H3,(H,22,23). The van der Waals surface area contributed by atoms with E-state index in [1.54, 1.807) is 17.4 Å². The minimum Gasteiger partial charge on any atom is -0.379 e. The van der Waals surface area contributed by atoms with Gasteiger partial charge in [-0.3, -0.25) is 9.58 Å². The Bertz CT molecular complexity index is 919. The van der Waals surface area contributed by atoms with Crippen LogP contribution in [0.5, 0.6) is 0 Å². The summed E-state index contributed by atoms with van der Waals surface area (Å²) in [6.07, 6.45) is 2.02. The lowest BCUT2D eigenvalue weighted by atomic mass is 10.2. The number of ether oxygens (including phenoxy) is 1. The number of nitrogens with zero attached hydrogens (tertiary/aromatic N) is 4. The summed E-state index contributed by atoms with van der Waals surface area (Å²) < 4.78 is 20.7. The lowest BCUT2D eigenvalue weighted by molar-refractivity contribution is 0.0360. The van der Waals surface area contributed by atoms with Crippen molar-refractivity contribution in [1.82, 2.24) is 19.7 Å². The maximum atomic E-state index is 13.3. The number of aryl methyl sites for hydroxylation is 1. The molecule has 8 heteroatoms. The van der Waals surface area contributed by atoms with Crippen LogP contribution in [0.3, 0.4) is 0 Å². The van der Waals surface area contributed by atoms with E-state index in [0.29, 0.717) is 6.54 Å². The summed E-state index contributed by atoms with van der Waals surface area (Å²) in [6, 6.07) is 8.63. The van der Waals surface area contributed by atoms with Gasteiger partial charge in [0.25, 0.3) is 0 Å². The fraction of sp³-hybridized carbons (Fsp3) is 0.400. The van der Waals surface area contributed by atoms with E-state index in [9.17, 15) is 4.39 Å². The number of anilines is 1. The molecule has 0 spiro atoms. The van der Waals surface area contributed by atoms with Gasteiger partial charge in [0.05, 0.1) is 30.3 Å². The zero-order chi connectivity index (χ0) is 19.3. The molecule has 1 fully saturated rings. The molecule has 28 heavy (non-hydrogen) atoms. The van der Waals surface area contributed by atoms with Crippen LogP contribution in [-0.4, -0.2) is 52.5 Å².